The van der Waals surface area contributed by atoms with E-state index in [-0.39, 0.29) is 6.10 Å². The topological polar surface area (TPSA) is 20.2 Å². The van der Waals surface area contributed by atoms with Crippen LogP contribution in [0.25, 0.3) is 0 Å². The minimum absolute atomic E-state index is 0.301. The minimum Gasteiger partial charge on any atom is -0.388 e. The maximum atomic E-state index is 9.89. The fourth-order valence-corrected chi connectivity index (χ4v) is 2.51. The predicted octanol–water partition coefficient (Wildman–Crippen LogP) is 3.31. The van der Waals surface area contributed by atoms with Crippen LogP contribution in [0.1, 0.15) is 40.5 Å². The first-order chi connectivity index (χ1) is 6.44. The summed E-state index contributed by atoms with van der Waals surface area (Å²) in [6.07, 6.45) is 7.97. The number of allylic oxidation sites excluding steroid dienone is 2. The number of aliphatic hydroxyl groups excluding tert-OH is 1. The van der Waals surface area contributed by atoms with E-state index in [9.17, 15) is 5.11 Å². The van der Waals surface area contributed by atoms with Crippen LogP contribution in [0.2, 0.25) is 0 Å². The molecular formula is C13H22O. The van der Waals surface area contributed by atoms with Gasteiger partial charge in [0.1, 0.15) is 0 Å². The summed E-state index contributed by atoms with van der Waals surface area (Å²) >= 11 is 0. The summed E-state index contributed by atoms with van der Waals surface area (Å²) in [6, 6.07) is 0. The molecule has 1 heteroatoms. The summed E-state index contributed by atoms with van der Waals surface area (Å²) in [5, 5.41) is 9.89. The maximum Gasteiger partial charge on any atom is 0.0783 e. The molecule has 1 nitrogen and oxygen atoms in total. The lowest BCUT2D eigenvalue weighted by molar-refractivity contribution is 0.131. The van der Waals surface area contributed by atoms with E-state index in [0.717, 1.165) is 12.8 Å². The molecule has 0 heterocycles. The van der Waals surface area contributed by atoms with Crippen molar-refractivity contribution in [2.75, 3.05) is 0 Å². The highest BCUT2D eigenvalue weighted by Crippen LogP contribution is 2.39. The fraction of sp³-hybridized carbons (Fsp3) is 0.692. The smallest absolute Gasteiger partial charge is 0.0783 e. The van der Waals surface area contributed by atoms with Crippen LogP contribution in [-0.2, 0) is 0 Å². The summed E-state index contributed by atoms with van der Waals surface area (Å²) in [5.74, 6) is 0.301. The van der Waals surface area contributed by atoms with Gasteiger partial charge in [0, 0.05) is 5.92 Å². The summed E-state index contributed by atoms with van der Waals surface area (Å²) in [5.41, 5.74) is 1.75. The number of hydrogen-bond acceptors (Lipinski definition) is 1. The van der Waals surface area contributed by atoms with Crippen molar-refractivity contribution in [3.8, 4) is 0 Å². The lowest BCUT2D eigenvalue weighted by Gasteiger charge is -2.35. The van der Waals surface area contributed by atoms with Crippen molar-refractivity contribution in [2.45, 2.75) is 46.6 Å². The van der Waals surface area contributed by atoms with Crippen molar-refractivity contribution in [3.05, 3.63) is 23.8 Å². The Morgan fingerprint density at radius 3 is 2.71 bits per heavy atom. The van der Waals surface area contributed by atoms with Crippen molar-refractivity contribution in [1.82, 2.24) is 0 Å². The first-order valence-electron chi connectivity index (χ1n) is 5.43. The summed E-state index contributed by atoms with van der Waals surface area (Å²) < 4.78 is 0. The molecule has 0 aromatic carbocycles. The van der Waals surface area contributed by atoms with Crippen LogP contribution in [-0.4, -0.2) is 11.2 Å². The standard InChI is InChI=1S/C13H22O/c1-5-6-12(14)11-7-10(2)8-13(3,4)9-11/h5-7,11-12,14H,8-9H2,1-4H3/b6-5+/t11-,12?/m0/s1. The van der Waals surface area contributed by atoms with Gasteiger partial charge in [0.2, 0.25) is 0 Å². The predicted molar refractivity (Wildman–Crippen MR) is 61.1 cm³/mol. The first-order valence-corrected chi connectivity index (χ1v) is 5.43. The van der Waals surface area contributed by atoms with Gasteiger partial charge in [-0.15, -0.1) is 0 Å². The Labute approximate surface area is 87.5 Å². The first kappa shape index (κ1) is 11.5. The van der Waals surface area contributed by atoms with Gasteiger partial charge in [-0.3, -0.25) is 0 Å². The molecule has 14 heavy (non-hydrogen) atoms. The number of rotatable bonds is 2. The highest BCUT2D eigenvalue weighted by molar-refractivity contribution is 5.13. The Hall–Kier alpha value is -0.560. The van der Waals surface area contributed by atoms with E-state index < -0.39 is 0 Å². The van der Waals surface area contributed by atoms with E-state index in [2.05, 4.69) is 26.8 Å². The molecule has 1 aliphatic rings. The van der Waals surface area contributed by atoms with Crippen LogP contribution in [0, 0.1) is 11.3 Å². The van der Waals surface area contributed by atoms with E-state index in [1.807, 2.05) is 19.1 Å². The molecule has 1 aliphatic carbocycles. The van der Waals surface area contributed by atoms with Crippen LogP contribution in [0.5, 0.6) is 0 Å². The molecule has 1 rings (SSSR count). The lowest BCUT2D eigenvalue weighted by Crippen LogP contribution is -2.28. The zero-order chi connectivity index (χ0) is 10.8. The van der Waals surface area contributed by atoms with Gasteiger partial charge in [-0.25, -0.2) is 0 Å². The van der Waals surface area contributed by atoms with E-state index in [1.54, 1.807) is 0 Å². The quantitative estimate of drug-likeness (QED) is 0.669. The molecule has 0 fully saturated rings. The molecule has 0 radical (unpaired) electrons. The second kappa shape index (κ2) is 4.31. The Morgan fingerprint density at radius 1 is 1.57 bits per heavy atom. The van der Waals surface area contributed by atoms with Gasteiger partial charge < -0.3 is 5.11 Å². The van der Waals surface area contributed by atoms with Crippen LogP contribution in [0.15, 0.2) is 23.8 Å². The largest absolute Gasteiger partial charge is 0.388 e. The maximum absolute atomic E-state index is 9.89. The Balaban J connectivity index is 2.75. The number of aliphatic hydroxyl groups is 1. The van der Waals surface area contributed by atoms with Gasteiger partial charge in [-0.1, -0.05) is 37.6 Å². The molecule has 0 amide bonds. The summed E-state index contributed by atoms with van der Waals surface area (Å²) in [6.45, 7) is 8.67. The van der Waals surface area contributed by atoms with E-state index in [1.165, 1.54) is 5.57 Å². The third-order valence-electron chi connectivity index (χ3n) is 2.87. The average molecular weight is 194 g/mol. The molecule has 0 saturated heterocycles. The number of hydrogen-bond donors (Lipinski definition) is 1. The monoisotopic (exact) mass is 194 g/mol. The molecule has 1 unspecified atom stereocenters. The van der Waals surface area contributed by atoms with Gasteiger partial charge in [0.05, 0.1) is 6.10 Å². The molecule has 1 N–H and O–H groups in total. The molecule has 0 aliphatic heterocycles. The third kappa shape index (κ3) is 2.98. The lowest BCUT2D eigenvalue weighted by atomic mass is 9.71. The molecular weight excluding hydrogens is 172 g/mol. The van der Waals surface area contributed by atoms with Crippen molar-refractivity contribution >= 4 is 0 Å². The average Bonchev–Trinajstić information content (AvgIpc) is 2.00. The molecule has 2 atom stereocenters. The van der Waals surface area contributed by atoms with E-state index >= 15 is 0 Å². The van der Waals surface area contributed by atoms with Gasteiger partial charge in [-0.2, -0.15) is 0 Å². The Morgan fingerprint density at radius 2 is 2.21 bits per heavy atom. The molecule has 0 aromatic heterocycles. The van der Waals surface area contributed by atoms with Crippen molar-refractivity contribution in [3.63, 3.8) is 0 Å². The fourth-order valence-electron chi connectivity index (χ4n) is 2.51. The van der Waals surface area contributed by atoms with E-state index in [0.29, 0.717) is 11.3 Å². The third-order valence-corrected chi connectivity index (χ3v) is 2.87. The SMILES string of the molecule is C/C=C/C(O)[C@H]1C=C(C)CC(C)(C)C1. The van der Waals surface area contributed by atoms with Gasteiger partial charge in [-0.05, 0) is 32.1 Å². The highest BCUT2D eigenvalue weighted by Gasteiger charge is 2.29. The van der Waals surface area contributed by atoms with Crippen molar-refractivity contribution < 1.29 is 5.11 Å². The Kier molecular flexibility index (Phi) is 3.54. The van der Waals surface area contributed by atoms with Crippen molar-refractivity contribution in [1.29, 1.82) is 0 Å². The zero-order valence-corrected chi connectivity index (χ0v) is 9.75. The molecule has 80 valence electrons. The summed E-state index contributed by atoms with van der Waals surface area (Å²) in [4.78, 5) is 0. The molecule has 0 saturated carbocycles. The van der Waals surface area contributed by atoms with Crippen LogP contribution >= 0.6 is 0 Å². The van der Waals surface area contributed by atoms with Crippen molar-refractivity contribution in [2.24, 2.45) is 11.3 Å². The second-order valence-corrected chi connectivity index (χ2v) is 5.24. The Bertz CT molecular complexity index is 248. The molecule has 0 aromatic rings. The molecule has 0 spiro atoms. The van der Waals surface area contributed by atoms with Gasteiger partial charge >= 0.3 is 0 Å². The highest BCUT2D eigenvalue weighted by atomic mass is 16.3. The second-order valence-electron chi connectivity index (χ2n) is 5.24. The summed E-state index contributed by atoms with van der Waals surface area (Å²) in [7, 11) is 0. The van der Waals surface area contributed by atoms with Gasteiger partial charge in [0.15, 0.2) is 0 Å². The van der Waals surface area contributed by atoms with Gasteiger partial charge in [0.25, 0.3) is 0 Å². The zero-order valence-electron chi connectivity index (χ0n) is 9.75. The van der Waals surface area contributed by atoms with Crippen LogP contribution in [0.4, 0.5) is 0 Å². The van der Waals surface area contributed by atoms with E-state index in [4.69, 9.17) is 0 Å². The van der Waals surface area contributed by atoms with Crippen LogP contribution < -0.4 is 0 Å². The minimum atomic E-state index is -0.311. The normalized spacial score (nSPS) is 28.9. The van der Waals surface area contributed by atoms with Crippen LogP contribution in [0.3, 0.4) is 0 Å². The molecule has 0 bridgehead atoms.